The number of carbonyl (C=O) groups excluding carboxylic acids is 1. The Kier molecular flexibility index (Phi) is 5.48. The Morgan fingerprint density at radius 1 is 1.18 bits per heavy atom. The van der Waals surface area contributed by atoms with E-state index in [2.05, 4.69) is 45.1 Å². The Morgan fingerprint density at radius 3 is 2.24 bits per heavy atom. The van der Waals surface area contributed by atoms with Crippen LogP contribution in [0.3, 0.4) is 0 Å². The van der Waals surface area contributed by atoms with Crippen LogP contribution in [0.2, 0.25) is 0 Å². The lowest BCUT2D eigenvalue weighted by Gasteiger charge is -2.18. The second-order valence-corrected chi connectivity index (χ2v) is 5.04. The van der Waals surface area contributed by atoms with Gasteiger partial charge in [0.05, 0.1) is 0 Å². The molecule has 0 aliphatic heterocycles. The molecule has 0 aromatic heterocycles. The summed E-state index contributed by atoms with van der Waals surface area (Å²) in [7, 11) is 5.87. The van der Waals surface area contributed by atoms with Gasteiger partial charge >= 0.3 is 0 Å². The second kappa shape index (κ2) is 6.64. The lowest BCUT2D eigenvalue weighted by molar-refractivity contribution is -0.129. The van der Waals surface area contributed by atoms with Crippen LogP contribution >= 0.6 is 15.9 Å². The van der Waals surface area contributed by atoms with E-state index in [0.717, 1.165) is 10.9 Å². The summed E-state index contributed by atoms with van der Waals surface area (Å²) >= 11 is 3.28. The fourth-order valence-corrected chi connectivity index (χ4v) is 1.87. The van der Waals surface area contributed by atoms with E-state index >= 15 is 0 Å². The summed E-state index contributed by atoms with van der Waals surface area (Å²) < 4.78 is 0. The highest BCUT2D eigenvalue weighted by Crippen LogP contribution is 2.13. The van der Waals surface area contributed by atoms with Crippen molar-refractivity contribution in [3.63, 3.8) is 0 Å². The molecule has 1 amide bonds. The van der Waals surface area contributed by atoms with E-state index in [1.54, 1.807) is 4.90 Å². The van der Waals surface area contributed by atoms with Gasteiger partial charge in [-0.1, -0.05) is 28.1 Å². The molecule has 0 unspecified atom stereocenters. The van der Waals surface area contributed by atoms with Crippen molar-refractivity contribution in [3.05, 3.63) is 29.8 Å². The van der Waals surface area contributed by atoms with E-state index in [4.69, 9.17) is 0 Å². The predicted molar refractivity (Wildman–Crippen MR) is 75.7 cm³/mol. The Balaban J connectivity index is 2.60. The normalized spacial score (nSPS) is 10.1. The van der Waals surface area contributed by atoms with Crippen molar-refractivity contribution >= 4 is 27.5 Å². The van der Waals surface area contributed by atoms with Gasteiger partial charge in [0.1, 0.15) is 0 Å². The predicted octanol–water partition coefficient (Wildman–Crippen LogP) is 2.50. The van der Waals surface area contributed by atoms with Gasteiger partial charge in [-0.05, 0) is 17.7 Å². The average Bonchev–Trinajstić information content (AvgIpc) is 2.30. The third kappa shape index (κ3) is 4.38. The Hall–Kier alpha value is -1.03. The van der Waals surface area contributed by atoms with Gasteiger partial charge in [-0.15, -0.1) is 0 Å². The summed E-state index contributed by atoms with van der Waals surface area (Å²) in [5.74, 6) is 0.165. The topological polar surface area (TPSA) is 23.6 Å². The van der Waals surface area contributed by atoms with Crippen molar-refractivity contribution in [2.75, 3.05) is 31.4 Å². The van der Waals surface area contributed by atoms with Crippen molar-refractivity contribution in [1.29, 1.82) is 0 Å². The van der Waals surface area contributed by atoms with Crippen LogP contribution in [0.4, 0.5) is 5.69 Å². The zero-order valence-electron chi connectivity index (χ0n) is 10.6. The van der Waals surface area contributed by atoms with Crippen LogP contribution in [0.1, 0.15) is 12.0 Å². The summed E-state index contributed by atoms with van der Waals surface area (Å²) in [6.07, 6.45) is 0.548. The molecule has 0 spiro atoms. The maximum Gasteiger partial charge on any atom is 0.223 e. The number of nitrogens with zero attached hydrogens (tertiary/aromatic N) is 2. The number of alkyl halides is 1. The molecule has 0 atom stereocenters. The van der Waals surface area contributed by atoms with Gasteiger partial charge in [-0.25, -0.2) is 0 Å². The molecule has 0 bridgehead atoms. The molecule has 0 saturated carbocycles. The standard InChI is InChI=1S/C13H19BrN2O/c1-15(2)12-6-4-11(5-7-12)10-16(3)13(17)8-9-14/h4-7H,8-10H2,1-3H3. The Morgan fingerprint density at radius 2 is 1.76 bits per heavy atom. The third-order valence-corrected chi connectivity index (χ3v) is 3.00. The minimum absolute atomic E-state index is 0.165. The largest absolute Gasteiger partial charge is 0.378 e. The van der Waals surface area contributed by atoms with Crippen molar-refractivity contribution in [1.82, 2.24) is 4.90 Å². The number of rotatable bonds is 5. The van der Waals surface area contributed by atoms with E-state index < -0.39 is 0 Å². The van der Waals surface area contributed by atoms with Crippen molar-refractivity contribution in [2.45, 2.75) is 13.0 Å². The molecule has 4 heteroatoms. The first-order valence-electron chi connectivity index (χ1n) is 5.60. The number of benzene rings is 1. The molecule has 1 aromatic rings. The molecule has 0 saturated heterocycles. The molecule has 0 aliphatic carbocycles. The molecule has 0 radical (unpaired) electrons. The summed E-state index contributed by atoms with van der Waals surface area (Å²) in [6, 6.07) is 8.26. The SMILES string of the molecule is CN(Cc1ccc(N(C)C)cc1)C(=O)CCBr. The van der Waals surface area contributed by atoms with E-state index in [1.165, 1.54) is 5.69 Å². The summed E-state index contributed by atoms with van der Waals surface area (Å²) in [6.45, 7) is 0.666. The monoisotopic (exact) mass is 298 g/mol. The van der Waals surface area contributed by atoms with Crippen LogP contribution in [0.15, 0.2) is 24.3 Å². The highest BCUT2D eigenvalue weighted by molar-refractivity contribution is 9.09. The van der Waals surface area contributed by atoms with Gasteiger partial charge in [0, 0.05) is 45.1 Å². The zero-order valence-corrected chi connectivity index (χ0v) is 12.2. The van der Waals surface area contributed by atoms with Crippen LogP contribution < -0.4 is 4.90 Å². The van der Waals surface area contributed by atoms with Crippen molar-refractivity contribution in [2.24, 2.45) is 0 Å². The highest BCUT2D eigenvalue weighted by atomic mass is 79.9. The lowest BCUT2D eigenvalue weighted by Crippen LogP contribution is -2.26. The molecule has 0 aliphatic rings. The summed E-state index contributed by atoms with van der Waals surface area (Å²) in [5, 5.41) is 0.718. The average molecular weight is 299 g/mol. The number of hydrogen-bond acceptors (Lipinski definition) is 2. The fraction of sp³-hybridized carbons (Fsp3) is 0.462. The minimum atomic E-state index is 0.165. The number of carbonyl (C=O) groups is 1. The van der Waals surface area contributed by atoms with E-state index in [1.807, 2.05) is 21.1 Å². The quantitative estimate of drug-likeness (QED) is 0.780. The maximum absolute atomic E-state index is 11.6. The number of hydrogen-bond donors (Lipinski definition) is 0. The lowest BCUT2D eigenvalue weighted by atomic mass is 10.2. The number of amides is 1. The smallest absolute Gasteiger partial charge is 0.223 e. The van der Waals surface area contributed by atoms with Gasteiger partial charge in [-0.2, -0.15) is 0 Å². The molecule has 1 aromatic carbocycles. The molecule has 3 nitrogen and oxygen atoms in total. The Labute approximate surface area is 112 Å². The zero-order chi connectivity index (χ0) is 12.8. The first-order chi connectivity index (χ1) is 8.04. The van der Waals surface area contributed by atoms with Crippen LogP contribution in [-0.4, -0.2) is 37.3 Å². The van der Waals surface area contributed by atoms with Crippen LogP contribution in [0, 0.1) is 0 Å². The van der Waals surface area contributed by atoms with Gasteiger partial charge in [0.15, 0.2) is 0 Å². The summed E-state index contributed by atoms with van der Waals surface area (Å²) in [4.78, 5) is 15.4. The fourth-order valence-electron chi connectivity index (χ4n) is 1.53. The van der Waals surface area contributed by atoms with Crippen molar-refractivity contribution < 1.29 is 4.79 Å². The first-order valence-corrected chi connectivity index (χ1v) is 6.73. The molecule has 1 rings (SSSR count). The van der Waals surface area contributed by atoms with Gasteiger partial charge in [0.25, 0.3) is 0 Å². The molecule has 0 fully saturated rings. The minimum Gasteiger partial charge on any atom is -0.378 e. The van der Waals surface area contributed by atoms with Crippen molar-refractivity contribution in [3.8, 4) is 0 Å². The second-order valence-electron chi connectivity index (χ2n) is 4.25. The highest BCUT2D eigenvalue weighted by Gasteiger charge is 2.08. The number of halogens is 1. The van der Waals surface area contributed by atoms with Gasteiger partial charge < -0.3 is 9.80 Å². The van der Waals surface area contributed by atoms with Gasteiger partial charge in [-0.3, -0.25) is 4.79 Å². The van der Waals surface area contributed by atoms with E-state index in [9.17, 15) is 4.79 Å². The third-order valence-electron chi connectivity index (χ3n) is 2.61. The first kappa shape index (κ1) is 14.0. The van der Waals surface area contributed by atoms with E-state index in [-0.39, 0.29) is 5.91 Å². The van der Waals surface area contributed by atoms with Crippen LogP contribution in [0.5, 0.6) is 0 Å². The molecule has 0 N–H and O–H groups in total. The molecular weight excluding hydrogens is 280 g/mol. The van der Waals surface area contributed by atoms with Gasteiger partial charge in [0.2, 0.25) is 5.91 Å². The molecule has 0 heterocycles. The van der Waals surface area contributed by atoms with Crippen LogP contribution in [-0.2, 0) is 11.3 Å². The molecule has 17 heavy (non-hydrogen) atoms. The number of anilines is 1. The molecular formula is C13H19BrN2O. The summed E-state index contributed by atoms with van der Waals surface area (Å²) in [5.41, 5.74) is 2.32. The van der Waals surface area contributed by atoms with Crippen LogP contribution in [0.25, 0.3) is 0 Å². The Bertz CT molecular complexity index is 362. The maximum atomic E-state index is 11.6. The van der Waals surface area contributed by atoms with E-state index in [0.29, 0.717) is 13.0 Å². The molecule has 94 valence electrons.